The van der Waals surface area contributed by atoms with Crippen LogP contribution >= 0.6 is 0 Å². The molecule has 0 aliphatic rings. The number of aryl methyl sites for hydroxylation is 1. The van der Waals surface area contributed by atoms with Gasteiger partial charge in [0.15, 0.2) is 0 Å². The van der Waals surface area contributed by atoms with Gasteiger partial charge < -0.3 is 15.0 Å². The summed E-state index contributed by atoms with van der Waals surface area (Å²) in [4.78, 5) is 7.34. The normalized spacial score (nSPS) is 10.7. The Kier molecular flexibility index (Phi) is 4.44. The second-order valence-electron chi connectivity index (χ2n) is 5.06. The van der Waals surface area contributed by atoms with Gasteiger partial charge in [-0.05, 0) is 25.0 Å². The fourth-order valence-electron chi connectivity index (χ4n) is 1.71. The molecule has 0 radical (unpaired) electrons. The molecule has 0 bridgehead atoms. The van der Waals surface area contributed by atoms with Crippen LogP contribution in [0, 0.1) is 12.8 Å². The van der Waals surface area contributed by atoms with Crippen molar-refractivity contribution < 1.29 is 4.74 Å². The molecule has 0 aliphatic heterocycles. The van der Waals surface area contributed by atoms with E-state index in [2.05, 4.69) is 29.1 Å². The Labute approximate surface area is 114 Å². The summed E-state index contributed by atoms with van der Waals surface area (Å²) < 4.78 is 5.71. The third-order valence-electron chi connectivity index (χ3n) is 2.81. The van der Waals surface area contributed by atoms with Crippen LogP contribution in [0.15, 0.2) is 30.6 Å². The molecule has 1 heterocycles. The summed E-state index contributed by atoms with van der Waals surface area (Å²) >= 11 is 0. The van der Waals surface area contributed by atoms with Crippen molar-refractivity contribution in [3.05, 3.63) is 42.0 Å². The monoisotopic (exact) mass is 259 g/mol. The zero-order valence-electron chi connectivity index (χ0n) is 11.7. The van der Waals surface area contributed by atoms with Crippen molar-refractivity contribution in [1.29, 1.82) is 0 Å². The van der Waals surface area contributed by atoms with Crippen molar-refractivity contribution >= 4 is 5.69 Å². The third-order valence-corrected chi connectivity index (χ3v) is 2.81. The smallest absolute Gasteiger partial charge is 0.121 e. The maximum absolute atomic E-state index is 5.71. The lowest BCUT2D eigenvalue weighted by Crippen LogP contribution is -2.05. The van der Waals surface area contributed by atoms with Crippen LogP contribution < -0.4 is 10.1 Å². The second-order valence-corrected chi connectivity index (χ2v) is 5.06. The summed E-state index contributed by atoms with van der Waals surface area (Å²) in [5, 5.41) is 3.35. The first-order chi connectivity index (χ1) is 9.15. The first-order valence-electron chi connectivity index (χ1n) is 6.60. The molecule has 0 amide bonds. The third kappa shape index (κ3) is 4.02. The Morgan fingerprint density at radius 3 is 2.89 bits per heavy atom. The molecular formula is C15H21N3O. The largest absolute Gasteiger partial charge is 0.493 e. The van der Waals surface area contributed by atoms with Crippen LogP contribution in [0.4, 0.5) is 5.69 Å². The minimum atomic E-state index is 0.531. The zero-order valence-corrected chi connectivity index (χ0v) is 11.7. The number of imidazole rings is 1. The van der Waals surface area contributed by atoms with E-state index in [0.717, 1.165) is 29.4 Å². The number of hydrogen-bond donors (Lipinski definition) is 2. The lowest BCUT2D eigenvalue weighted by molar-refractivity contribution is 0.271. The maximum Gasteiger partial charge on any atom is 0.121 e. The van der Waals surface area contributed by atoms with E-state index in [1.807, 2.05) is 31.2 Å². The van der Waals surface area contributed by atoms with E-state index < -0.39 is 0 Å². The highest BCUT2D eigenvalue weighted by molar-refractivity contribution is 5.48. The molecule has 0 spiro atoms. The van der Waals surface area contributed by atoms with Gasteiger partial charge >= 0.3 is 0 Å². The van der Waals surface area contributed by atoms with E-state index >= 15 is 0 Å². The maximum atomic E-state index is 5.71. The van der Waals surface area contributed by atoms with E-state index in [9.17, 15) is 0 Å². The van der Waals surface area contributed by atoms with Crippen LogP contribution in [0.25, 0.3) is 0 Å². The molecule has 0 fully saturated rings. The van der Waals surface area contributed by atoms with E-state index in [-0.39, 0.29) is 0 Å². The molecule has 102 valence electrons. The van der Waals surface area contributed by atoms with Crippen molar-refractivity contribution in [2.24, 2.45) is 5.92 Å². The Balaban J connectivity index is 1.93. The van der Waals surface area contributed by atoms with E-state index in [0.29, 0.717) is 12.5 Å². The molecule has 2 rings (SSSR count). The van der Waals surface area contributed by atoms with E-state index in [1.54, 1.807) is 6.33 Å². The summed E-state index contributed by atoms with van der Waals surface area (Å²) in [6, 6.07) is 8.03. The number of H-pyrrole nitrogens is 1. The number of rotatable bonds is 6. The highest BCUT2D eigenvalue weighted by Gasteiger charge is 2.02. The minimum Gasteiger partial charge on any atom is -0.493 e. The van der Waals surface area contributed by atoms with Crippen molar-refractivity contribution in [3.8, 4) is 5.75 Å². The lowest BCUT2D eigenvalue weighted by Gasteiger charge is -2.11. The van der Waals surface area contributed by atoms with Gasteiger partial charge in [-0.2, -0.15) is 0 Å². The Morgan fingerprint density at radius 1 is 1.37 bits per heavy atom. The summed E-state index contributed by atoms with van der Waals surface area (Å²) in [6.07, 6.45) is 1.72. The molecule has 0 aliphatic carbocycles. The van der Waals surface area contributed by atoms with Crippen molar-refractivity contribution in [2.45, 2.75) is 27.3 Å². The molecule has 0 atom stereocenters. The molecule has 2 N–H and O–H groups in total. The minimum absolute atomic E-state index is 0.531. The van der Waals surface area contributed by atoms with Gasteiger partial charge in [-0.1, -0.05) is 19.9 Å². The number of ether oxygens (including phenoxy) is 1. The summed E-state index contributed by atoms with van der Waals surface area (Å²) in [7, 11) is 0. The lowest BCUT2D eigenvalue weighted by atomic mass is 10.2. The summed E-state index contributed by atoms with van der Waals surface area (Å²) in [6.45, 7) is 7.75. The number of nitrogens with one attached hydrogen (secondary N) is 2. The average Bonchev–Trinajstić information content (AvgIpc) is 2.80. The highest BCUT2D eigenvalue weighted by Crippen LogP contribution is 2.18. The fourth-order valence-corrected chi connectivity index (χ4v) is 1.71. The molecule has 0 unspecified atom stereocenters. The Bertz CT molecular complexity index is 520. The van der Waals surface area contributed by atoms with Crippen LogP contribution in [0.3, 0.4) is 0 Å². The number of hydrogen-bond acceptors (Lipinski definition) is 3. The van der Waals surface area contributed by atoms with Gasteiger partial charge in [-0.25, -0.2) is 4.98 Å². The number of aromatic amines is 1. The van der Waals surface area contributed by atoms with E-state index in [1.165, 1.54) is 0 Å². The van der Waals surface area contributed by atoms with Crippen LogP contribution in [0.1, 0.15) is 25.2 Å². The van der Waals surface area contributed by atoms with Gasteiger partial charge in [0, 0.05) is 17.4 Å². The molecule has 1 aromatic carbocycles. The molecule has 0 saturated heterocycles. The van der Waals surface area contributed by atoms with Crippen molar-refractivity contribution in [1.82, 2.24) is 9.97 Å². The molecule has 2 aromatic rings. The molecule has 4 nitrogen and oxygen atoms in total. The Morgan fingerprint density at radius 2 is 2.21 bits per heavy atom. The number of nitrogens with zero attached hydrogens (tertiary/aromatic N) is 1. The van der Waals surface area contributed by atoms with Crippen LogP contribution in [0.5, 0.6) is 5.75 Å². The van der Waals surface area contributed by atoms with Gasteiger partial charge in [0.1, 0.15) is 5.75 Å². The highest BCUT2D eigenvalue weighted by atomic mass is 16.5. The van der Waals surface area contributed by atoms with Crippen molar-refractivity contribution in [3.63, 3.8) is 0 Å². The standard InChI is InChI=1S/C15H21N3O/c1-11(2)9-19-14-6-4-5-13(7-14)16-8-15-12(3)17-10-18-15/h4-7,10-11,16H,8-9H2,1-3H3,(H,17,18). The number of anilines is 1. The Hall–Kier alpha value is -1.97. The predicted molar refractivity (Wildman–Crippen MR) is 77.4 cm³/mol. The molecule has 1 aromatic heterocycles. The summed E-state index contributed by atoms with van der Waals surface area (Å²) in [5.41, 5.74) is 3.18. The van der Waals surface area contributed by atoms with Crippen LogP contribution in [-0.4, -0.2) is 16.6 Å². The van der Waals surface area contributed by atoms with Crippen molar-refractivity contribution in [2.75, 3.05) is 11.9 Å². The van der Waals surface area contributed by atoms with E-state index in [4.69, 9.17) is 4.74 Å². The second kappa shape index (κ2) is 6.27. The number of benzene rings is 1. The predicted octanol–water partition coefficient (Wildman–Crippen LogP) is 3.37. The first-order valence-corrected chi connectivity index (χ1v) is 6.60. The molecule has 4 heteroatoms. The average molecular weight is 259 g/mol. The fraction of sp³-hybridized carbons (Fsp3) is 0.400. The summed E-state index contributed by atoms with van der Waals surface area (Å²) in [5.74, 6) is 1.43. The van der Waals surface area contributed by atoms with Crippen LogP contribution in [0.2, 0.25) is 0 Å². The van der Waals surface area contributed by atoms with Gasteiger partial charge in [-0.15, -0.1) is 0 Å². The molecule has 19 heavy (non-hydrogen) atoms. The quantitative estimate of drug-likeness (QED) is 0.836. The van der Waals surface area contributed by atoms with Gasteiger partial charge in [-0.3, -0.25) is 0 Å². The molecule has 0 saturated carbocycles. The topological polar surface area (TPSA) is 49.9 Å². The van der Waals surface area contributed by atoms with Gasteiger partial charge in [0.05, 0.1) is 25.2 Å². The number of aromatic nitrogens is 2. The van der Waals surface area contributed by atoms with Crippen LogP contribution in [-0.2, 0) is 6.54 Å². The first kappa shape index (κ1) is 13.5. The SMILES string of the molecule is Cc1[nH]cnc1CNc1cccc(OCC(C)C)c1. The van der Waals surface area contributed by atoms with Gasteiger partial charge in [0.2, 0.25) is 0 Å². The molecular weight excluding hydrogens is 238 g/mol. The zero-order chi connectivity index (χ0) is 13.7. The van der Waals surface area contributed by atoms with Gasteiger partial charge in [0.25, 0.3) is 0 Å².